The zero-order valence-electron chi connectivity index (χ0n) is 23.2. The average Bonchev–Trinajstić information content (AvgIpc) is 3.56. The van der Waals surface area contributed by atoms with E-state index in [1.165, 1.54) is 6.39 Å². The number of anilines is 2. The molecule has 0 aliphatic carbocycles. The molecule has 1 saturated heterocycles. The highest BCUT2D eigenvalue weighted by molar-refractivity contribution is 6.00. The van der Waals surface area contributed by atoms with Gasteiger partial charge in [-0.05, 0) is 41.8 Å². The van der Waals surface area contributed by atoms with Gasteiger partial charge in [-0.3, -0.25) is 5.32 Å². The molecule has 2 atom stereocenters. The molecule has 11 nitrogen and oxygen atoms in total. The fraction of sp³-hybridized carbons (Fsp3) is 0.258. The predicted molar refractivity (Wildman–Crippen MR) is 157 cm³/mol. The van der Waals surface area contributed by atoms with E-state index in [9.17, 15) is 9.59 Å². The molecular formula is C31H33N5O6. The third-order valence-electron chi connectivity index (χ3n) is 6.78. The minimum atomic E-state index is -0.519. The summed E-state index contributed by atoms with van der Waals surface area (Å²) in [6, 6.07) is 21.9. The number of alkyl carbamates (subject to hydrolysis) is 1. The molecule has 0 spiro atoms. The quantitative estimate of drug-likeness (QED) is 0.191. The number of hydrogen-bond donors (Lipinski definition) is 4. The lowest BCUT2D eigenvalue weighted by Gasteiger charge is -2.28. The topological polar surface area (TPSA) is 136 Å². The number of oxazole rings is 1. The Morgan fingerprint density at radius 3 is 2.62 bits per heavy atom. The molecule has 0 saturated carbocycles. The van der Waals surface area contributed by atoms with Crippen molar-refractivity contribution in [2.45, 2.75) is 31.5 Å². The number of nitrogens with zero attached hydrogens (tertiary/aromatic N) is 1. The SMILES string of the molecule is COc1cc(NC(=O)Nc2cccc(CNC(=O)OC(CC3CCOCN3)c3ccccc3)c2)ccc1-c1cnco1. The summed E-state index contributed by atoms with van der Waals surface area (Å²) in [7, 11) is 1.54. The van der Waals surface area contributed by atoms with Crippen LogP contribution in [0.25, 0.3) is 11.3 Å². The maximum absolute atomic E-state index is 12.8. The third kappa shape index (κ3) is 7.87. The van der Waals surface area contributed by atoms with Crippen molar-refractivity contribution >= 4 is 23.5 Å². The Bertz CT molecular complexity index is 1460. The summed E-state index contributed by atoms with van der Waals surface area (Å²) in [6.45, 7) is 1.40. The molecule has 42 heavy (non-hydrogen) atoms. The van der Waals surface area contributed by atoms with Gasteiger partial charge in [0.15, 0.2) is 12.2 Å². The van der Waals surface area contributed by atoms with Gasteiger partial charge in [-0.2, -0.15) is 0 Å². The number of aromatic nitrogens is 1. The molecule has 0 bridgehead atoms. The lowest BCUT2D eigenvalue weighted by molar-refractivity contribution is 0.0364. The van der Waals surface area contributed by atoms with Crippen molar-refractivity contribution in [3.05, 3.63) is 96.5 Å². The van der Waals surface area contributed by atoms with Gasteiger partial charge >= 0.3 is 12.1 Å². The van der Waals surface area contributed by atoms with Gasteiger partial charge in [0.2, 0.25) is 0 Å². The van der Waals surface area contributed by atoms with E-state index < -0.39 is 18.2 Å². The number of carbonyl (C=O) groups excluding carboxylic acids is 2. The number of carbonyl (C=O) groups is 2. The minimum Gasteiger partial charge on any atom is -0.496 e. The van der Waals surface area contributed by atoms with E-state index in [4.69, 9.17) is 18.6 Å². The van der Waals surface area contributed by atoms with Gasteiger partial charge in [-0.25, -0.2) is 14.6 Å². The molecule has 218 valence electrons. The summed E-state index contributed by atoms with van der Waals surface area (Å²) in [5, 5.41) is 11.8. The Balaban J connectivity index is 1.15. The normalized spacial score (nSPS) is 15.3. The zero-order chi connectivity index (χ0) is 29.1. The van der Waals surface area contributed by atoms with Gasteiger partial charge in [-0.1, -0.05) is 42.5 Å². The number of methoxy groups -OCH3 is 1. The molecule has 2 heterocycles. The molecule has 1 aliphatic rings. The average molecular weight is 572 g/mol. The van der Waals surface area contributed by atoms with Gasteiger partial charge in [0.25, 0.3) is 0 Å². The lowest BCUT2D eigenvalue weighted by Crippen LogP contribution is -2.39. The van der Waals surface area contributed by atoms with Gasteiger partial charge in [0, 0.05) is 43.1 Å². The number of rotatable bonds is 10. The Morgan fingerprint density at radius 2 is 1.88 bits per heavy atom. The van der Waals surface area contributed by atoms with E-state index in [1.54, 1.807) is 49.7 Å². The van der Waals surface area contributed by atoms with Crippen LogP contribution >= 0.6 is 0 Å². The Morgan fingerprint density at radius 1 is 1.05 bits per heavy atom. The fourth-order valence-corrected chi connectivity index (χ4v) is 4.68. The fourth-order valence-electron chi connectivity index (χ4n) is 4.68. The van der Waals surface area contributed by atoms with Gasteiger partial charge in [0.1, 0.15) is 11.9 Å². The largest absolute Gasteiger partial charge is 0.496 e. The summed E-state index contributed by atoms with van der Waals surface area (Å²) in [4.78, 5) is 29.4. The number of urea groups is 1. The molecule has 4 aromatic rings. The number of nitrogens with one attached hydrogen (secondary N) is 4. The van der Waals surface area contributed by atoms with Crippen molar-refractivity contribution in [2.75, 3.05) is 31.1 Å². The Kier molecular flexibility index (Phi) is 9.65. The van der Waals surface area contributed by atoms with Crippen LogP contribution in [-0.2, 0) is 16.0 Å². The van der Waals surface area contributed by atoms with Crippen molar-refractivity contribution in [1.82, 2.24) is 15.6 Å². The first-order valence-corrected chi connectivity index (χ1v) is 13.6. The van der Waals surface area contributed by atoms with Crippen LogP contribution < -0.4 is 26.0 Å². The highest BCUT2D eigenvalue weighted by atomic mass is 16.6. The number of benzene rings is 3. The molecule has 3 aromatic carbocycles. The molecule has 1 aromatic heterocycles. The van der Waals surface area contributed by atoms with Crippen molar-refractivity contribution in [1.29, 1.82) is 0 Å². The van der Waals surface area contributed by atoms with E-state index in [1.807, 2.05) is 36.4 Å². The number of hydrogen-bond acceptors (Lipinski definition) is 8. The summed E-state index contributed by atoms with van der Waals surface area (Å²) >= 11 is 0. The second-order valence-corrected chi connectivity index (χ2v) is 9.70. The predicted octanol–water partition coefficient (Wildman–Crippen LogP) is 5.69. The smallest absolute Gasteiger partial charge is 0.408 e. The molecule has 2 unspecified atom stereocenters. The van der Waals surface area contributed by atoms with Gasteiger partial charge < -0.3 is 34.6 Å². The third-order valence-corrected chi connectivity index (χ3v) is 6.78. The van der Waals surface area contributed by atoms with Crippen molar-refractivity contribution in [2.24, 2.45) is 0 Å². The van der Waals surface area contributed by atoms with E-state index in [2.05, 4.69) is 26.3 Å². The van der Waals surface area contributed by atoms with Crippen LogP contribution in [0.5, 0.6) is 5.75 Å². The minimum absolute atomic E-state index is 0.193. The van der Waals surface area contributed by atoms with Crippen LogP contribution in [0.4, 0.5) is 21.0 Å². The first-order valence-electron chi connectivity index (χ1n) is 13.6. The van der Waals surface area contributed by atoms with E-state index in [0.717, 1.165) is 23.1 Å². The summed E-state index contributed by atoms with van der Waals surface area (Å²) in [5.41, 5.74) is 3.55. The standard InChI is InChI=1S/C31H33N5O6/c1-39-28-16-25(10-11-26(28)29-18-32-19-41-29)36-30(37)35-24-9-5-6-21(14-24)17-33-31(38)42-27(22-7-3-2-4-8-22)15-23-12-13-40-20-34-23/h2-11,14,16,18-19,23,27,34H,12-13,15,17,20H2,1H3,(H,33,38)(H2,35,36,37). The molecule has 11 heteroatoms. The summed E-state index contributed by atoms with van der Waals surface area (Å²) in [6.07, 6.45) is 3.50. The van der Waals surface area contributed by atoms with Crippen LogP contribution in [0, 0.1) is 0 Å². The Hall–Kier alpha value is -4.87. The van der Waals surface area contributed by atoms with Crippen LogP contribution in [0.3, 0.4) is 0 Å². The van der Waals surface area contributed by atoms with Crippen molar-refractivity contribution in [3.63, 3.8) is 0 Å². The maximum atomic E-state index is 12.8. The summed E-state index contributed by atoms with van der Waals surface area (Å²) in [5.74, 6) is 1.09. The molecule has 4 N–H and O–H groups in total. The molecule has 3 amide bonds. The highest BCUT2D eigenvalue weighted by Gasteiger charge is 2.23. The van der Waals surface area contributed by atoms with Crippen LogP contribution in [0.15, 0.2) is 89.8 Å². The van der Waals surface area contributed by atoms with Crippen molar-refractivity contribution < 1.29 is 28.2 Å². The monoisotopic (exact) mass is 571 g/mol. The van der Waals surface area contributed by atoms with Gasteiger partial charge in [-0.15, -0.1) is 0 Å². The highest BCUT2D eigenvalue weighted by Crippen LogP contribution is 2.32. The second kappa shape index (κ2) is 14.2. The van der Waals surface area contributed by atoms with E-state index in [0.29, 0.717) is 42.6 Å². The van der Waals surface area contributed by atoms with Crippen LogP contribution in [0.2, 0.25) is 0 Å². The number of ether oxygens (including phenoxy) is 3. The number of amides is 3. The lowest BCUT2D eigenvalue weighted by atomic mass is 10.00. The molecule has 1 fully saturated rings. The van der Waals surface area contributed by atoms with E-state index >= 15 is 0 Å². The van der Waals surface area contributed by atoms with Crippen molar-refractivity contribution in [3.8, 4) is 17.1 Å². The molecule has 0 radical (unpaired) electrons. The van der Waals surface area contributed by atoms with Crippen LogP contribution in [0.1, 0.15) is 30.1 Å². The van der Waals surface area contributed by atoms with Gasteiger partial charge in [0.05, 0.1) is 25.6 Å². The molecule has 5 rings (SSSR count). The molecular weight excluding hydrogens is 538 g/mol. The Labute approximate surface area is 243 Å². The second-order valence-electron chi connectivity index (χ2n) is 9.70. The molecule has 1 aliphatic heterocycles. The first kappa shape index (κ1) is 28.7. The van der Waals surface area contributed by atoms with Crippen LogP contribution in [-0.4, -0.2) is 43.6 Å². The zero-order valence-corrected chi connectivity index (χ0v) is 23.2. The van der Waals surface area contributed by atoms with E-state index in [-0.39, 0.29) is 12.6 Å². The maximum Gasteiger partial charge on any atom is 0.408 e. The summed E-state index contributed by atoms with van der Waals surface area (Å²) < 4.78 is 22.0. The first-order chi connectivity index (χ1) is 20.6.